The van der Waals surface area contributed by atoms with Crippen molar-refractivity contribution < 1.29 is 0 Å². The molecule has 1 aliphatic rings. The third-order valence-electron chi connectivity index (χ3n) is 4.23. The lowest BCUT2D eigenvalue weighted by Gasteiger charge is -2.30. The van der Waals surface area contributed by atoms with Crippen LogP contribution < -0.4 is 5.32 Å². The molecule has 19 heavy (non-hydrogen) atoms. The summed E-state index contributed by atoms with van der Waals surface area (Å²) in [5.74, 6) is 0.919. The summed E-state index contributed by atoms with van der Waals surface area (Å²) in [6, 6.07) is 0.539. The fraction of sp³-hybridized carbons (Fsp3) is 0.800. The Labute approximate surface area is 121 Å². The summed E-state index contributed by atoms with van der Waals surface area (Å²) >= 11 is 6.37. The Balaban J connectivity index is 2.00. The third-order valence-corrected chi connectivity index (χ3v) is 4.72. The van der Waals surface area contributed by atoms with E-state index in [-0.39, 0.29) is 0 Å². The lowest BCUT2D eigenvalue weighted by atomic mass is 9.80. The van der Waals surface area contributed by atoms with E-state index < -0.39 is 0 Å². The summed E-state index contributed by atoms with van der Waals surface area (Å²) < 4.78 is 1.94. The molecule has 1 unspecified atom stereocenters. The van der Waals surface area contributed by atoms with Gasteiger partial charge < -0.3 is 5.32 Å². The molecule has 2 rings (SSSR count). The van der Waals surface area contributed by atoms with Crippen molar-refractivity contribution in [2.75, 3.05) is 6.54 Å². The Hall–Kier alpha value is -0.540. The summed E-state index contributed by atoms with van der Waals surface area (Å²) in [7, 11) is 1.99. The number of nitrogens with zero attached hydrogens (tertiary/aromatic N) is 2. The van der Waals surface area contributed by atoms with Crippen LogP contribution in [0.15, 0.2) is 0 Å². The first kappa shape index (κ1) is 14.9. The number of rotatable bonds is 7. The fourth-order valence-corrected chi connectivity index (χ4v) is 3.09. The zero-order chi connectivity index (χ0) is 13.8. The Morgan fingerprint density at radius 3 is 2.68 bits per heavy atom. The first-order valence-corrected chi connectivity index (χ1v) is 7.91. The molecule has 1 N–H and O–H groups in total. The van der Waals surface area contributed by atoms with Crippen LogP contribution in [0.2, 0.25) is 5.02 Å². The van der Waals surface area contributed by atoms with E-state index in [0.717, 1.165) is 29.6 Å². The summed E-state index contributed by atoms with van der Waals surface area (Å²) in [6.45, 7) is 5.28. The van der Waals surface area contributed by atoms with Crippen molar-refractivity contribution >= 4 is 11.6 Å². The molecule has 0 amide bonds. The second kappa shape index (κ2) is 6.76. The van der Waals surface area contributed by atoms with Crippen LogP contribution in [-0.2, 0) is 13.5 Å². The minimum Gasteiger partial charge on any atom is -0.314 e. The molecule has 0 aliphatic heterocycles. The van der Waals surface area contributed by atoms with Gasteiger partial charge in [-0.2, -0.15) is 5.10 Å². The normalized spacial score (nSPS) is 17.5. The van der Waals surface area contributed by atoms with Gasteiger partial charge >= 0.3 is 0 Å². The largest absolute Gasteiger partial charge is 0.314 e. The molecule has 1 aromatic rings. The molecule has 1 fully saturated rings. The molecule has 0 bridgehead atoms. The zero-order valence-electron chi connectivity index (χ0n) is 12.4. The molecule has 0 aromatic carbocycles. The van der Waals surface area contributed by atoms with Gasteiger partial charge in [0.1, 0.15) is 0 Å². The molecule has 1 saturated carbocycles. The molecule has 1 aliphatic carbocycles. The quantitative estimate of drug-likeness (QED) is 0.830. The van der Waals surface area contributed by atoms with Crippen LogP contribution in [0.1, 0.15) is 50.4 Å². The van der Waals surface area contributed by atoms with Gasteiger partial charge in [-0.05, 0) is 32.2 Å². The molecule has 108 valence electrons. The second-order valence-corrected chi connectivity index (χ2v) is 6.24. The highest BCUT2D eigenvalue weighted by Gasteiger charge is 2.24. The lowest BCUT2D eigenvalue weighted by Crippen LogP contribution is -2.35. The first-order chi connectivity index (χ1) is 9.11. The van der Waals surface area contributed by atoms with Crippen molar-refractivity contribution in [2.45, 2.75) is 58.4 Å². The maximum atomic E-state index is 6.37. The number of hydrogen-bond donors (Lipinski definition) is 1. The van der Waals surface area contributed by atoms with Crippen LogP contribution in [0, 0.1) is 12.8 Å². The van der Waals surface area contributed by atoms with Gasteiger partial charge in [0.05, 0.1) is 16.4 Å². The molecular weight excluding hydrogens is 258 g/mol. The zero-order valence-corrected chi connectivity index (χ0v) is 13.1. The van der Waals surface area contributed by atoms with Crippen LogP contribution in [0.25, 0.3) is 0 Å². The maximum Gasteiger partial charge on any atom is 0.0847 e. The minimum absolute atomic E-state index is 0.539. The lowest BCUT2D eigenvalue weighted by molar-refractivity contribution is 0.257. The summed E-state index contributed by atoms with van der Waals surface area (Å²) in [6.07, 6.45) is 7.67. The van der Waals surface area contributed by atoms with Gasteiger partial charge in [0, 0.05) is 19.5 Å². The molecule has 0 spiro atoms. The summed E-state index contributed by atoms with van der Waals surface area (Å²) in [4.78, 5) is 0. The van der Waals surface area contributed by atoms with Crippen LogP contribution >= 0.6 is 11.6 Å². The molecule has 0 saturated heterocycles. The second-order valence-electron chi connectivity index (χ2n) is 5.86. The van der Waals surface area contributed by atoms with E-state index in [0.29, 0.717) is 6.04 Å². The molecular formula is C15H26ClN3. The topological polar surface area (TPSA) is 29.9 Å². The third kappa shape index (κ3) is 3.73. The van der Waals surface area contributed by atoms with Crippen molar-refractivity contribution in [3.63, 3.8) is 0 Å². The standard InChI is InChI=1S/C15H26ClN3/c1-4-8-17-13(9-12-6-5-7-12)10-14-15(16)11(2)18-19(14)3/h12-13,17H,4-10H2,1-3H3. The number of nitrogens with one attached hydrogen (secondary N) is 1. The minimum atomic E-state index is 0.539. The molecule has 4 heteroatoms. The smallest absolute Gasteiger partial charge is 0.0847 e. The van der Waals surface area contributed by atoms with E-state index in [2.05, 4.69) is 17.3 Å². The van der Waals surface area contributed by atoms with Crippen molar-refractivity contribution in [3.05, 3.63) is 16.4 Å². The van der Waals surface area contributed by atoms with Gasteiger partial charge in [0.2, 0.25) is 0 Å². The molecule has 1 atom stereocenters. The van der Waals surface area contributed by atoms with Crippen molar-refractivity contribution in [1.29, 1.82) is 0 Å². The van der Waals surface area contributed by atoms with Crippen LogP contribution in [0.4, 0.5) is 0 Å². The Bertz CT molecular complexity index is 410. The van der Waals surface area contributed by atoms with Crippen molar-refractivity contribution in [2.24, 2.45) is 13.0 Å². The number of halogens is 1. The Kier molecular flexibility index (Phi) is 5.28. The highest BCUT2D eigenvalue weighted by atomic mass is 35.5. The molecule has 1 heterocycles. The van der Waals surface area contributed by atoms with Gasteiger partial charge in [-0.15, -0.1) is 0 Å². The Morgan fingerprint density at radius 1 is 1.47 bits per heavy atom. The van der Waals surface area contributed by atoms with Crippen LogP contribution in [0.5, 0.6) is 0 Å². The molecule has 3 nitrogen and oxygen atoms in total. The highest BCUT2D eigenvalue weighted by Crippen LogP contribution is 2.32. The predicted octanol–water partition coefficient (Wildman–Crippen LogP) is 3.48. The van der Waals surface area contributed by atoms with Gasteiger partial charge in [0.25, 0.3) is 0 Å². The van der Waals surface area contributed by atoms with E-state index in [4.69, 9.17) is 11.6 Å². The monoisotopic (exact) mass is 283 g/mol. The van der Waals surface area contributed by atoms with E-state index >= 15 is 0 Å². The van der Waals surface area contributed by atoms with E-state index in [9.17, 15) is 0 Å². The summed E-state index contributed by atoms with van der Waals surface area (Å²) in [5.41, 5.74) is 2.11. The predicted molar refractivity (Wildman–Crippen MR) is 80.7 cm³/mol. The van der Waals surface area contributed by atoms with Crippen molar-refractivity contribution in [1.82, 2.24) is 15.1 Å². The average molecular weight is 284 g/mol. The Morgan fingerprint density at radius 2 is 2.21 bits per heavy atom. The number of aryl methyl sites for hydroxylation is 2. The molecule has 1 aromatic heterocycles. The fourth-order valence-electron chi connectivity index (χ4n) is 2.85. The molecule has 0 radical (unpaired) electrons. The van der Waals surface area contributed by atoms with Crippen LogP contribution in [0.3, 0.4) is 0 Å². The van der Waals surface area contributed by atoms with E-state index in [1.54, 1.807) is 0 Å². The van der Waals surface area contributed by atoms with Gasteiger partial charge in [0.15, 0.2) is 0 Å². The SMILES string of the molecule is CCCNC(Cc1c(Cl)c(C)nn1C)CC1CCC1. The van der Waals surface area contributed by atoms with Crippen LogP contribution in [-0.4, -0.2) is 22.4 Å². The summed E-state index contributed by atoms with van der Waals surface area (Å²) in [5, 5.41) is 8.94. The van der Waals surface area contributed by atoms with Crippen molar-refractivity contribution in [3.8, 4) is 0 Å². The highest BCUT2D eigenvalue weighted by molar-refractivity contribution is 6.31. The number of aromatic nitrogens is 2. The van der Waals surface area contributed by atoms with E-state index in [1.165, 1.54) is 37.8 Å². The van der Waals surface area contributed by atoms with Gasteiger partial charge in [-0.25, -0.2) is 0 Å². The maximum absolute atomic E-state index is 6.37. The van der Waals surface area contributed by atoms with Gasteiger partial charge in [-0.3, -0.25) is 4.68 Å². The van der Waals surface area contributed by atoms with Gasteiger partial charge in [-0.1, -0.05) is 37.8 Å². The van der Waals surface area contributed by atoms with E-state index in [1.807, 2.05) is 18.7 Å². The number of hydrogen-bond acceptors (Lipinski definition) is 2. The average Bonchev–Trinajstić information content (AvgIpc) is 2.56. The first-order valence-electron chi connectivity index (χ1n) is 7.53.